The van der Waals surface area contributed by atoms with Crippen molar-refractivity contribution in [1.29, 1.82) is 0 Å². The van der Waals surface area contributed by atoms with E-state index in [0.29, 0.717) is 11.7 Å². The van der Waals surface area contributed by atoms with Crippen molar-refractivity contribution in [2.75, 3.05) is 12.3 Å². The van der Waals surface area contributed by atoms with E-state index in [-0.39, 0.29) is 5.91 Å². The highest BCUT2D eigenvalue weighted by atomic mass is 32.2. The minimum Gasteiger partial charge on any atom is -0.354 e. The SMILES string of the molecule is N[C@@H](Cc1ccccc1)C(=O)NCC1CCCS1. The van der Waals surface area contributed by atoms with Gasteiger partial charge in [0.15, 0.2) is 0 Å². The van der Waals surface area contributed by atoms with Crippen LogP contribution in [-0.4, -0.2) is 29.5 Å². The Morgan fingerprint density at radius 2 is 2.22 bits per heavy atom. The molecule has 1 unspecified atom stereocenters. The zero-order valence-corrected chi connectivity index (χ0v) is 11.3. The number of amides is 1. The fourth-order valence-electron chi connectivity index (χ4n) is 2.11. The highest BCUT2D eigenvalue weighted by Gasteiger charge is 2.18. The maximum atomic E-state index is 11.9. The molecule has 3 nitrogen and oxygen atoms in total. The van der Waals surface area contributed by atoms with Crippen molar-refractivity contribution in [2.24, 2.45) is 5.73 Å². The van der Waals surface area contributed by atoms with Crippen molar-refractivity contribution in [3.63, 3.8) is 0 Å². The second-order valence-corrected chi connectivity index (χ2v) is 6.08. The van der Waals surface area contributed by atoms with E-state index in [4.69, 9.17) is 5.73 Å². The molecule has 1 saturated heterocycles. The lowest BCUT2D eigenvalue weighted by atomic mass is 10.1. The molecule has 4 heteroatoms. The lowest BCUT2D eigenvalue weighted by molar-refractivity contribution is -0.122. The molecule has 1 aromatic carbocycles. The van der Waals surface area contributed by atoms with Gasteiger partial charge in [-0.15, -0.1) is 0 Å². The highest BCUT2D eigenvalue weighted by molar-refractivity contribution is 8.00. The third kappa shape index (κ3) is 4.03. The van der Waals surface area contributed by atoms with E-state index in [1.165, 1.54) is 18.6 Å². The van der Waals surface area contributed by atoms with E-state index in [1.807, 2.05) is 42.1 Å². The number of carbonyl (C=O) groups excluding carboxylic acids is 1. The number of carbonyl (C=O) groups is 1. The average molecular weight is 264 g/mol. The molecular formula is C14H20N2OS. The molecule has 1 amide bonds. The van der Waals surface area contributed by atoms with E-state index in [0.717, 1.165) is 12.1 Å². The maximum Gasteiger partial charge on any atom is 0.237 e. The van der Waals surface area contributed by atoms with Crippen LogP contribution in [0.2, 0.25) is 0 Å². The zero-order chi connectivity index (χ0) is 12.8. The predicted octanol–water partition coefficient (Wildman–Crippen LogP) is 1.57. The lowest BCUT2D eigenvalue weighted by Gasteiger charge is -2.14. The van der Waals surface area contributed by atoms with E-state index in [1.54, 1.807) is 0 Å². The summed E-state index contributed by atoms with van der Waals surface area (Å²) in [4.78, 5) is 11.9. The molecule has 1 fully saturated rings. The number of thioether (sulfide) groups is 1. The Hall–Kier alpha value is -1.00. The fourth-order valence-corrected chi connectivity index (χ4v) is 3.31. The van der Waals surface area contributed by atoms with Crippen molar-refractivity contribution in [3.8, 4) is 0 Å². The Morgan fingerprint density at radius 3 is 2.89 bits per heavy atom. The van der Waals surface area contributed by atoms with Gasteiger partial charge in [0.1, 0.15) is 0 Å². The van der Waals surface area contributed by atoms with Crippen LogP contribution in [0.5, 0.6) is 0 Å². The smallest absolute Gasteiger partial charge is 0.237 e. The first-order chi connectivity index (χ1) is 8.75. The number of nitrogens with two attached hydrogens (primary N) is 1. The largest absolute Gasteiger partial charge is 0.354 e. The van der Waals surface area contributed by atoms with Crippen molar-refractivity contribution >= 4 is 17.7 Å². The summed E-state index contributed by atoms with van der Waals surface area (Å²) < 4.78 is 0. The molecule has 0 aliphatic carbocycles. The van der Waals surface area contributed by atoms with Crippen molar-refractivity contribution in [3.05, 3.63) is 35.9 Å². The number of benzene rings is 1. The molecule has 3 N–H and O–H groups in total. The van der Waals surface area contributed by atoms with Crippen LogP contribution in [0, 0.1) is 0 Å². The van der Waals surface area contributed by atoms with Gasteiger partial charge in [-0.1, -0.05) is 30.3 Å². The molecule has 2 atom stereocenters. The van der Waals surface area contributed by atoms with Gasteiger partial charge in [-0.05, 0) is 30.6 Å². The molecule has 0 radical (unpaired) electrons. The average Bonchev–Trinajstić information content (AvgIpc) is 2.90. The third-order valence-corrected chi connectivity index (χ3v) is 4.56. The molecule has 0 aromatic heterocycles. The van der Waals surface area contributed by atoms with Gasteiger partial charge in [0, 0.05) is 11.8 Å². The van der Waals surface area contributed by atoms with E-state index >= 15 is 0 Å². The predicted molar refractivity (Wildman–Crippen MR) is 76.6 cm³/mol. The summed E-state index contributed by atoms with van der Waals surface area (Å²) in [6, 6.07) is 9.45. The summed E-state index contributed by atoms with van der Waals surface area (Å²) in [5.74, 6) is 1.18. The summed E-state index contributed by atoms with van der Waals surface area (Å²) in [6.07, 6.45) is 3.07. The number of nitrogens with one attached hydrogen (secondary N) is 1. The fraction of sp³-hybridized carbons (Fsp3) is 0.500. The van der Waals surface area contributed by atoms with Crippen LogP contribution in [0.25, 0.3) is 0 Å². The van der Waals surface area contributed by atoms with Gasteiger partial charge >= 0.3 is 0 Å². The molecule has 98 valence electrons. The topological polar surface area (TPSA) is 55.1 Å². The second-order valence-electron chi connectivity index (χ2n) is 4.68. The molecule has 1 aliphatic heterocycles. The van der Waals surface area contributed by atoms with E-state index in [2.05, 4.69) is 5.32 Å². The normalized spacial score (nSPS) is 20.6. The Balaban J connectivity index is 1.74. The van der Waals surface area contributed by atoms with Crippen molar-refractivity contribution in [1.82, 2.24) is 5.32 Å². The van der Waals surface area contributed by atoms with Crippen LogP contribution < -0.4 is 11.1 Å². The first-order valence-corrected chi connectivity index (χ1v) is 7.49. The van der Waals surface area contributed by atoms with Crippen LogP contribution in [0.15, 0.2) is 30.3 Å². The lowest BCUT2D eigenvalue weighted by Crippen LogP contribution is -2.43. The summed E-state index contributed by atoms with van der Waals surface area (Å²) in [5.41, 5.74) is 7.02. The third-order valence-electron chi connectivity index (χ3n) is 3.16. The Bertz CT molecular complexity index is 377. The first kappa shape index (κ1) is 13.4. The van der Waals surface area contributed by atoms with Gasteiger partial charge in [-0.2, -0.15) is 11.8 Å². The minimum absolute atomic E-state index is 0.0358. The summed E-state index contributed by atoms with van der Waals surface area (Å²) in [7, 11) is 0. The molecule has 0 bridgehead atoms. The first-order valence-electron chi connectivity index (χ1n) is 6.44. The van der Waals surface area contributed by atoms with Crippen LogP contribution in [0.3, 0.4) is 0 Å². The van der Waals surface area contributed by atoms with Gasteiger partial charge < -0.3 is 11.1 Å². The summed E-state index contributed by atoms with van der Waals surface area (Å²) in [6.45, 7) is 0.756. The van der Waals surface area contributed by atoms with Gasteiger partial charge in [-0.3, -0.25) is 4.79 Å². The molecule has 1 heterocycles. The van der Waals surface area contributed by atoms with Gasteiger partial charge in [-0.25, -0.2) is 0 Å². The number of hydrogen-bond donors (Lipinski definition) is 2. The Labute approximate surface area is 113 Å². The molecule has 0 spiro atoms. The standard InChI is InChI=1S/C14H20N2OS/c15-13(9-11-5-2-1-3-6-11)14(17)16-10-12-7-4-8-18-12/h1-3,5-6,12-13H,4,7-10,15H2,(H,16,17)/t12?,13-/m0/s1. The van der Waals surface area contributed by atoms with Gasteiger partial charge in [0.05, 0.1) is 6.04 Å². The molecule has 1 aromatic rings. The zero-order valence-electron chi connectivity index (χ0n) is 10.5. The Morgan fingerprint density at radius 1 is 1.44 bits per heavy atom. The maximum absolute atomic E-state index is 11.9. The van der Waals surface area contributed by atoms with Crippen LogP contribution in [-0.2, 0) is 11.2 Å². The van der Waals surface area contributed by atoms with Gasteiger partial charge in [0.25, 0.3) is 0 Å². The summed E-state index contributed by atoms with van der Waals surface area (Å²) in [5, 5.41) is 3.54. The number of hydrogen-bond acceptors (Lipinski definition) is 3. The van der Waals surface area contributed by atoms with Crippen LogP contribution in [0.1, 0.15) is 18.4 Å². The molecule has 0 saturated carbocycles. The molecule has 2 rings (SSSR count). The van der Waals surface area contributed by atoms with Crippen molar-refractivity contribution in [2.45, 2.75) is 30.6 Å². The second kappa shape index (κ2) is 6.81. The van der Waals surface area contributed by atoms with E-state index < -0.39 is 6.04 Å². The minimum atomic E-state index is -0.446. The molecule has 18 heavy (non-hydrogen) atoms. The highest BCUT2D eigenvalue weighted by Crippen LogP contribution is 2.25. The molecule has 1 aliphatic rings. The summed E-state index contributed by atoms with van der Waals surface area (Å²) >= 11 is 1.94. The Kier molecular flexibility index (Phi) is 5.08. The van der Waals surface area contributed by atoms with Gasteiger partial charge in [0.2, 0.25) is 5.91 Å². The van der Waals surface area contributed by atoms with Crippen molar-refractivity contribution < 1.29 is 4.79 Å². The quantitative estimate of drug-likeness (QED) is 0.849. The number of rotatable bonds is 5. The van der Waals surface area contributed by atoms with E-state index in [9.17, 15) is 4.79 Å². The molecular weight excluding hydrogens is 244 g/mol. The monoisotopic (exact) mass is 264 g/mol. The van der Waals surface area contributed by atoms with Crippen LogP contribution >= 0.6 is 11.8 Å². The van der Waals surface area contributed by atoms with Crippen LogP contribution in [0.4, 0.5) is 0 Å².